The fourth-order valence-electron chi connectivity index (χ4n) is 6.05. The summed E-state index contributed by atoms with van der Waals surface area (Å²) in [6.07, 6.45) is 3.92. The predicted molar refractivity (Wildman–Crippen MR) is 156 cm³/mol. The molecule has 0 aromatic heterocycles. The molecule has 2 aliphatic heterocycles. The van der Waals surface area contributed by atoms with Gasteiger partial charge in [-0.3, -0.25) is 25.0 Å². The lowest BCUT2D eigenvalue weighted by Crippen LogP contribution is -2.53. The molecule has 2 fully saturated rings. The number of fused-ring (bicyclic) bond motifs is 1. The average molecular weight is 560 g/mol. The molecule has 9 heteroatoms. The number of anilines is 1. The van der Waals surface area contributed by atoms with Gasteiger partial charge in [-0.1, -0.05) is 103 Å². The van der Waals surface area contributed by atoms with Crippen LogP contribution in [-0.2, 0) is 19.9 Å². The summed E-state index contributed by atoms with van der Waals surface area (Å²) in [6.45, 7) is 0. The maximum Gasteiger partial charge on any atom is 0.329 e. The van der Waals surface area contributed by atoms with E-state index in [0.29, 0.717) is 11.1 Å². The molecule has 0 aliphatic carbocycles. The normalized spacial score (nSPS) is 23.3. The monoisotopic (exact) mass is 559 g/mol. The SMILES string of the molecule is O=C1C2C(c3ccc(/C=C/c4ccccc4)cc3)NC(C(=O)O)(c3ccccc3)C2C(=O)N1c1cccc([N+](=O)[O-])c1. The van der Waals surface area contributed by atoms with Crippen LogP contribution in [0, 0.1) is 22.0 Å². The number of nitrogens with one attached hydrogen (secondary N) is 1. The summed E-state index contributed by atoms with van der Waals surface area (Å²) in [5.41, 5.74) is 0.740. The van der Waals surface area contributed by atoms with Crippen LogP contribution in [0.15, 0.2) is 109 Å². The molecule has 4 aromatic rings. The first-order valence-corrected chi connectivity index (χ1v) is 13.3. The standard InChI is InChI=1S/C33H25N3O6/c37-30-27-28(31(38)35(30)25-12-7-13-26(20-25)36(41)42)33(32(39)40,24-10-5-2-6-11-24)34-29(27)23-18-16-22(17-19-23)15-14-21-8-3-1-4-9-21/h1-20,27-29,34H,(H,39,40)/b15-14+. The summed E-state index contributed by atoms with van der Waals surface area (Å²) in [5.74, 6) is -5.01. The molecule has 208 valence electrons. The van der Waals surface area contributed by atoms with Gasteiger partial charge >= 0.3 is 5.97 Å². The number of carbonyl (C=O) groups is 3. The van der Waals surface area contributed by atoms with Crippen LogP contribution in [0.1, 0.15) is 28.3 Å². The van der Waals surface area contributed by atoms with Crippen LogP contribution in [0.2, 0.25) is 0 Å². The third-order valence-corrected chi connectivity index (χ3v) is 7.99. The van der Waals surface area contributed by atoms with Crippen molar-refractivity contribution in [1.82, 2.24) is 5.32 Å². The molecule has 4 aromatic carbocycles. The first-order valence-electron chi connectivity index (χ1n) is 13.3. The van der Waals surface area contributed by atoms with Crippen LogP contribution in [0.4, 0.5) is 11.4 Å². The van der Waals surface area contributed by atoms with Crippen molar-refractivity contribution in [3.63, 3.8) is 0 Å². The maximum atomic E-state index is 14.0. The Balaban J connectivity index is 1.43. The summed E-state index contributed by atoms with van der Waals surface area (Å²) >= 11 is 0. The number of non-ortho nitro benzene ring substituents is 1. The van der Waals surface area contributed by atoms with Gasteiger partial charge in [-0.2, -0.15) is 0 Å². The van der Waals surface area contributed by atoms with E-state index >= 15 is 0 Å². The molecule has 2 saturated heterocycles. The third-order valence-electron chi connectivity index (χ3n) is 7.99. The molecule has 2 N–H and O–H groups in total. The summed E-state index contributed by atoms with van der Waals surface area (Å²) < 4.78 is 0. The van der Waals surface area contributed by atoms with Crippen molar-refractivity contribution in [2.75, 3.05) is 4.90 Å². The van der Waals surface area contributed by atoms with Crippen LogP contribution in [0.3, 0.4) is 0 Å². The highest BCUT2D eigenvalue weighted by Crippen LogP contribution is 2.53. The molecule has 2 aliphatic rings. The Morgan fingerprint density at radius 3 is 2.07 bits per heavy atom. The van der Waals surface area contributed by atoms with Crippen molar-refractivity contribution in [3.8, 4) is 0 Å². The van der Waals surface area contributed by atoms with E-state index in [1.807, 2.05) is 66.7 Å². The highest BCUT2D eigenvalue weighted by Gasteiger charge is 2.69. The molecule has 0 radical (unpaired) electrons. The van der Waals surface area contributed by atoms with Gasteiger partial charge in [-0.25, -0.2) is 9.69 Å². The minimum absolute atomic E-state index is 0.0288. The smallest absolute Gasteiger partial charge is 0.329 e. The lowest BCUT2D eigenvalue weighted by atomic mass is 9.75. The molecule has 0 spiro atoms. The quantitative estimate of drug-likeness (QED) is 0.138. The number of nitro groups is 1. The number of hydrogen-bond acceptors (Lipinski definition) is 6. The van der Waals surface area contributed by atoms with Gasteiger partial charge in [0.1, 0.15) is 0 Å². The summed E-state index contributed by atoms with van der Waals surface area (Å²) in [7, 11) is 0. The number of imide groups is 1. The molecule has 4 unspecified atom stereocenters. The second kappa shape index (κ2) is 10.5. The first kappa shape index (κ1) is 26.8. The average Bonchev–Trinajstić information content (AvgIpc) is 3.51. The van der Waals surface area contributed by atoms with Crippen LogP contribution < -0.4 is 10.2 Å². The number of rotatable bonds is 7. The zero-order chi connectivity index (χ0) is 29.4. The Morgan fingerprint density at radius 2 is 1.45 bits per heavy atom. The number of nitro benzene ring substituents is 1. The molecule has 2 amide bonds. The van der Waals surface area contributed by atoms with Gasteiger partial charge in [0, 0.05) is 18.2 Å². The lowest BCUT2D eigenvalue weighted by Gasteiger charge is -2.31. The number of benzene rings is 4. The number of hydrogen-bond donors (Lipinski definition) is 2. The molecule has 4 atom stereocenters. The number of carboxylic acid groups (broad SMARTS) is 1. The van der Waals surface area contributed by atoms with Crippen molar-refractivity contribution in [2.45, 2.75) is 11.6 Å². The minimum atomic E-state index is -1.91. The summed E-state index contributed by atoms with van der Waals surface area (Å²) in [6, 6.07) is 29.9. The van der Waals surface area contributed by atoms with Crippen molar-refractivity contribution >= 4 is 41.3 Å². The van der Waals surface area contributed by atoms with Gasteiger partial charge in [0.05, 0.1) is 22.4 Å². The third kappa shape index (κ3) is 4.36. The zero-order valence-corrected chi connectivity index (χ0v) is 22.2. The zero-order valence-electron chi connectivity index (χ0n) is 22.2. The van der Waals surface area contributed by atoms with Crippen molar-refractivity contribution < 1.29 is 24.4 Å². The molecule has 2 heterocycles. The lowest BCUT2D eigenvalue weighted by molar-refractivity contribution is -0.384. The molecule has 42 heavy (non-hydrogen) atoms. The topological polar surface area (TPSA) is 130 Å². The largest absolute Gasteiger partial charge is 0.480 e. The second-order valence-electron chi connectivity index (χ2n) is 10.3. The number of amides is 2. The molecule has 0 saturated carbocycles. The minimum Gasteiger partial charge on any atom is -0.480 e. The van der Waals surface area contributed by atoms with E-state index in [1.54, 1.807) is 30.3 Å². The van der Waals surface area contributed by atoms with Crippen molar-refractivity contribution in [3.05, 3.63) is 142 Å². The Bertz CT molecular complexity index is 1720. The van der Waals surface area contributed by atoms with E-state index in [4.69, 9.17) is 0 Å². The second-order valence-corrected chi connectivity index (χ2v) is 10.3. The van der Waals surface area contributed by atoms with E-state index in [1.165, 1.54) is 18.2 Å². The first-order chi connectivity index (χ1) is 20.3. The van der Waals surface area contributed by atoms with Gasteiger partial charge in [-0.15, -0.1) is 0 Å². The van der Waals surface area contributed by atoms with Crippen LogP contribution in [0.25, 0.3) is 12.2 Å². The maximum absolute atomic E-state index is 14.0. The highest BCUT2D eigenvalue weighted by atomic mass is 16.6. The Labute approximate surface area is 240 Å². The molecule has 9 nitrogen and oxygen atoms in total. The Kier molecular flexibility index (Phi) is 6.72. The van der Waals surface area contributed by atoms with Crippen LogP contribution in [0.5, 0.6) is 0 Å². The number of aliphatic carboxylic acids is 1. The van der Waals surface area contributed by atoms with Gasteiger partial charge in [0.15, 0.2) is 5.54 Å². The highest BCUT2D eigenvalue weighted by molar-refractivity contribution is 6.24. The Hall–Kier alpha value is -5.41. The number of carbonyl (C=O) groups excluding carboxylic acids is 2. The number of carboxylic acids is 1. The van der Waals surface area contributed by atoms with Crippen molar-refractivity contribution in [1.29, 1.82) is 0 Å². The number of nitrogens with zero attached hydrogens (tertiary/aromatic N) is 2. The van der Waals surface area contributed by atoms with Gasteiger partial charge in [0.2, 0.25) is 11.8 Å². The van der Waals surface area contributed by atoms with E-state index in [0.717, 1.165) is 22.1 Å². The van der Waals surface area contributed by atoms with E-state index < -0.39 is 46.1 Å². The fourth-order valence-corrected chi connectivity index (χ4v) is 6.05. The van der Waals surface area contributed by atoms with Gasteiger partial charge in [0.25, 0.3) is 5.69 Å². The molecule has 0 bridgehead atoms. The summed E-state index contributed by atoms with van der Waals surface area (Å²) in [5, 5.41) is 25.3. The van der Waals surface area contributed by atoms with Crippen LogP contribution in [-0.4, -0.2) is 27.8 Å². The van der Waals surface area contributed by atoms with E-state index in [9.17, 15) is 29.6 Å². The fraction of sp³-hybridized carbons (Fsp3) is 0.121. The molecule has 6 rings (SSSR count). The predicted octanol–water partition coefficient (Wildman–Crippen LogP) is 5.20. The summed E-state index contributed by atoms with van der Waals surface area (Å²) in [4.78, 5) is 52.9. The van der Waals surface area contributed by atoms with Crippen molar-refractivity contribution in [2.24, 2.45) is 11.8 Å². The van der Waals surface area contributed by atoms with Gasteiger partial charge in [-0.05, 0) is 28.3 Å². The van der Waals surface area contributed by atoms with Crippen LogP contribution >= 0.6 is 0 Å². The van der Waals surface area contributed by atoms with Gasteiger partial charge < -0.3 is 5.11 Å². The molecular weight excluding hydrogens is 534 g/mol. The van der Waals surface area contributed by atoms with E-state index in [-0.39, 0.29) is 11.4 Å². The molecular formula is C33H25N3O6. The van der Waals surface area contributed by atoms with E-state index in [2.05, 4.69) is 5.32 Å². The Morgan fingerprint density at radius 1 is 0.833 bits per heavy atom.